The number of anilines is 1. The van der Waals surface area contributed by atoms with E-state index in [0.717, 1.165) is 9.88 Å². The average Bonchev–Trinajstić information content (AvgIpc) is 2.13. The van der Waals surface area contributed by atoms with Crippen LogP contribution in [0.3, 0.4) is 0 Å². The molecule has 56 valence electrons. The first kappa shape index (κ1) is 7.54. The van der Waals surface area contributed by atoms with E-state index in [9.17, 15) is 0 Å². The van der Waals surface area contributed by atoms with Gasteiger partial charge in [0.1, 0.15) is 5.82 Å². The Morgan fingerprint density at radius 2 is 2.10 bits per heavy atom. The third-order valence-corrected chi connectivity index (χ3v) is 2.63. The Balaban J connectivity index is 2.98. The summed E-state index contributed by atoms with van der Waals surface area (Å²) in [5.41, 5.74) is 5.58. The van der Waals surface area contributed by atoms with Crippen molar-refractivity contribution in [2.75, 3.05) is 5.73 Å². The molecule has 1 aromatic heterocycles. The molecule has 1 rings (SSSR count). The van der Waals surface area contributed by atoms with Gasteiger partial charge in [-0.3, -0.25) is 0 Å². The summed E-state index contributed by atoms with van der Waals surface area (Å²) in [6.45, 7) is 6.24. The van der Waals surface area contributed by atoms with Gasteiger partial charge < -0.3 is 5.73 Å². The quantitative estimate of drug-likeness (QED) is 0.676. The van der Waals surface area contributed by atoms with Crippen molar-refractivity contribution >= 4 is 17.2 Å². The highest BCUT2D eigenvalue weighted by Crippen LogP contribution is 2.24. The van der Waals surface area contributed by atoms with Crippen LogP contribution in [0, 0.1) is 6.92 Å². The van der Waals surface area contributed by atoms with Gasteiger partial charge in [0.05, 0.1) is 5.01 Å². The molecule has 2 nitrogen and oxygen atoms in total. The van der Waals surface area contributed by atoms with Crippen LogP contribution in [-0.2, 0) is 0 Å². The second-order valence-electron chi connectivity index (χ2n) is 2.65. The number of nitrogens with two attached hydrogens (primary N) is 1. The lowest BCUT2D eigenvalue weighted by atomic mass is 10.2. The minimum Gasteiger partial charge on any atom is -0.383 e. The van der Waals surface area contributed by atoms with Crippen LogP contribution in [0.4, 0.5) is 5.82 Å². The minimum atomic E-state index is 0.501. The van der Waals surface area contributed by atoms with Crippen molar-refractivity contribution < 1.29 is 0 Å². The van der Waals surface area contributed by atoms with Gasteiger partial charge in [0.2, 0.25) is 0 Å². The van der Waals surface area contributed by atoms with Gasteiger partial charge in [-0.25, -0.2) is 4.98 Å². The topological polar surface area (TPSA) is 38.9 Å². The van der Waals surface area contributed by atoms with Gasteiger partial charge in [-0.15, -0.1) is 11.3 Å². The number of aromatic nitrogens is 1. The number of hydrogen-bond donors (Lipinski definition) is 1. The maximum atomic E-state index is 5.58. The molecule has 1 aromatic rings. The van der Waals surface area contributed by atoms with Crippen LogP contribution in [0.5, 0.6) is 0 Å². The highest BCUT2D eigenvalue weighted by atomic mass is 32.1. The van der Waals surface area contributed by atoms with E-state index in [2.05, 4.69) is 18.8 Å². The SMILES string of the molecule is Cc1sc(C(C)C)nc1N. The van der Waals surface area contributed by atoms with Crippen molar-refractivity contribution in [1.82, 2.24) is 4.98 Å². The number of hydrogen-bond acceptors (Lipinski definition) is 3. The molecular formula is C7H12N2S. The highest BCUT2D eigenvalue weighted by molar-refractivity contribution is 7.12. The highest BCUT2D eigenvalue weighted by Gasteiger charge is 2.06. The third kappa shape index (κ3) is 1.29. The number of rotatable bonds is 1. The van der Waals surface area contributed by atoms with E-state index in [1.54, 1.807) is 11.3 Å². The summed E-state index contributed by atoms with van der Waals surface area (Å²) >= 11 is 1.69. The largest absolute Gasteiger partial charge is 0.383 e. The van der Waals surface area contributed by atoms with Gasteiger partial charge in [-0.1, -0.05) is 13.8 Å². The van der Waals surface area contributed by atoms with Crippen LogP contribution >= 0.6 is 11.3 Å². The lowest BCUT2D eigenvalue weighted by Gasteiger charge is -1.94. The van der Waals surface area contributed by atoms with E-state index in [1.807, 2.05) is 6.92 Å². The van der Waals surface area contributed by atoms with Crippen molar-refractivity contribution in [2.45, 2.75) is 26.7 Å². The summed E-state index contributed by atoms with van der Waals surface area (Å²) in [6.07, 6.45) is 0. The first-order chi connectivity index (χ1) is 4.61. The fourth-order valence-corrected chi connectivity index (χ4v) is 1.52. The maximum Gasteiger partial charge on any atom is 0.137 e. The monoisotopic (exact) mass is 156 g/mol. The Labute approximate surface area is 65.1 Å². The zero-order chi connectivity index (χ0) is 7.72. The van der Waals surface area contributed by atoms with Crippen LogP contribution in [0.1, 0.15) is 29.7 Å². The molecule has 0 unspecified atom stereocenters. The molecule has 10 heavy (non-hydrogen) atoms. The second-order valence-corrected chi connectivity index (χ2v) is 3.88. The molecule has 0 atom stereocenters. The number of nitrogens with zero attached hydrogens (tertiary/aromatic N) is 1. The summed E-state index contributed by atoms with van der Waals surface area (Å²) < 4.78 is 0. The molecule has 0 radical (unpaired) electrons. The molecule has 0 saturated carbocycles. The molecule has 1 heterocycles. The Kier molecular flexibility index (Phi) is 1.94. The normalized spacial score (nSPS) is 10.8. The van der Waals surface area contributed by atoms with Gasteiger partial charge >= 0.3 is 0 Å². The number of nitrogen functional groups attached to an aromatic ring is 1. The van der Waals surface area contributed by atoms with Crippen LogP contribution in [0.25, 0.3) is 0 Å². The summed E-state index contributed by atoms with van der Waals surface area (Å²) in [4.78, 5) is 5.33. The van der Waals surface area contributed by atoms with Gasteiger partial charge in [-0.05, 0) is 6.92 Å². The number of thiazole rings is 1. The molecule has 0 aliphatic carbocycles. The van der Waals surface area contributed by atoms with Crippen molar-refractivity contribution in [2.24, 2.45) is 0 Å². The fourth-order valence-electron chi connectivity index (χ4n) is 0.676. The Morgan fingerprint density at radius 1 is 1.50 bits per heavy atom. The fraction of sp³-hybridized carbons (Fsp3) is 0.571. The van der Waals surface area contributed by atoms with Crippen molar-refractivity contribution in [3.63, 3.8) is 0 Å². The number of aryl methyl sites for hydroxylation is 1. The first-order valence-electron chi connectivity index (χ1n) is 3.34. The standard InChI is InChI=1S/C7H12N2S/c1-4(2)7-9-6(8)5(3)10-7/h4H,8H2,1-3H3. The molecule has 0 aliphatic rings. The van der Waals surface area contributed by atoms with Gasteiger partial charge in [0.25, 0.3) is 0 Å². The molecule has 0 saturated heterocycles. The van der Waals surface area contributed by atoms with E-state index in [-0.39, 0.29) is 0 Å². The van der Waals surface area contributed by atoms with Gasteiger partial charge in [-0.2, -0.15) is 0 Å². The van der Waals surface area contributed by atoms with E-state index in [0.29, 0.717) is 11.7 Å². The predicted molar refractivity (Wildman–Crippen MR) is 45.4 cm³/mol. The maximum absolute atomic E-state index is 5.58. The second kappa shape index (κ2) is 2.58. The summed E-state index contributed by atoms with van der Waals surface area (Å²) in [7, 11) is 0. The van der Waals surface area contributed by atoms with Crippen LogP contribution in [-0.4, -0.2) is 4.98 Å². The summed E-state index contributed by atoms with van der Waals surface area (Å²) in [5, 5.41) is 1.13. The minimum absolute atomic E-state index is 0.501. The molecular weight excluding hydrogens is 144 g/mol. The predicted octanol–water partition coefficient (Wildman–Crippen LogP) is 2.16. The van der Waals surface area contributed by atoms with Crippen molar-refractivity contribution in [3.05, 3.63) is 9.88 Å². The molecule has 0 spiro atoms. The van der Waals surface area contributed by atoms with Crippen LogP contribution in [0.2, 0.25) is 0 Å². The summed E-state index contributed by atoms with van der Waals surface area (Å²) in [5.74, 6) is 1.19. The zero-order valence-corrected chi connectivity index (χ0v) is 7.33. The van der Waals surface area contributed by atoms with E-state index >= 15 is 0 Å². The van der Waals surface area contributed by atoms with Crippen molar-refractivity contribution in [3.8, 4) is 0 Å². The zero-order valence-electron chi connectivity index (χ0n) is 6.51. The van der Waals surface area contributed by atoms with Crippen molar-refractivity contribution in [1.29, 1.82) is 0 Å². The molecule has 0 aromatic carbocycles. The molecule has 0 bridgehead atoms. The molecule has 0 fully saturated rings. The van der Waals surface area contributed by atoms with Crippen LogP contribution < -0.4 is 5.73 Å². The van der Waals surface area contributed by atoms with Gasteiger partial charge in [0.15, 0.2) is 0 Å². The smallest absolute Gasteiger partial charge is 0.137 e. The molecule has 0 aliphatic heterocycles. The summed E-state index contributed by atoms with van der Waals surface area (Å²) in [6, 6.07) is 0. The Bertz CT molecular complexity index is 208. The Hall–Kier alpha value is -0.570. The van der Waals surface area contributed by atoms with Crippen LogP contribution in [0.15, 0.2) is 0 Å². The van der Waals surface area contributed by atoms with E-state index in [4.69, 9.17) is 5.73 Å². The average molecular weight is 156 g/mol. The van der Waals surface area contributed by atoms with Gasteiger partial charge in [0, 0.05) is 10.8 Å². The lowest BCUT2D eigenvalue weighted by molar-refractivity contribution is 0.854. The van der Waals surface area contributed by atoms with E-state index < -0.39 is 0 Å². The molecule has 0 amide bonds. The van der Waals surface area contributed by atoms with E-state index in [1.165, 1.54) is 0 Å². The molecule has 2 N–H and O–H groups in total. The lowest BCUT2D eigenvalue weighted by Crippen LogP contribution is -1.88. The molecule has 3 heteroatoms. The first-order valence-corrected chi connectivity index (χ1v) is 4.15. The Morgan fingerprint density at radius 3 is 2.30 bits per heavy atom. The third-order valence-electron chi connectivity index (χ3n) is 1.34.